The molecular weight excluding hydrogens is 389 g/mol. The molecule has 1 heterocycles. The summed E-state index contributed by atoms with van der Waals surface area (Å²) in [5.74, 6) is -1.57. The van der Waals surface area contributed by atoms with Gasteiger partial charge in [-0.25, -0.2) is 4.39 Å². The molecule has 2 aromatic rings. The highest BCUT2D eigenvalue weighted by molar-refractivity contribution is 9.10. The molecule has 0 fully saturated rings. The Morgan fingerprint density at radius 1 is 1.35 bits per heavy atom. The fourth-order valence-corrected chi connectivity index (χ4v) is 3.91. The third-order valence-corrected chi connectivity index (χ3v) is 4.87. The maximum Gasteiger partial charge on any atom is 0.204 e. The van der Waals surface area contributed by atoms with Crippen LogP contribution >= 0.6 is 27.7 Å². The van der Waals surface area contributed by atoms with Crippen LogP contribution in [0, 0.1) is 17.1 Å². The Labute approximate surface area is 142 Å². The van der Waals surface area contributed by atoms with E-state index in [0.717, 1.165) is 23.9 Å². The molecule has 0 amide bonds. The molecule has 0 aliphatic carbocycles. The van der Waals surface area contributed by atoms with Crippen molar-refractivity contribution < 1.29 is 24.1 Å². The van der Waals surface area contributed by atoms with Crippen LogP contribution in [-0.2, 0) is 0 Å². The number of aliphatic hydroxyl groups excluding tert-OH is 1. The van der Waals surface area contributed by atoms with E-state index in [-0.39, 0.29) is 32.8 Å². The monoisotopic (exact) mass is 395 g/mol. The van der Waals surface area contributed by atoms with Crippen molar-refractivity contribution in [1.82, 2.24) is 0 Å². The van der Waals surface area contributed by atoms with Gasteiger partial charge in [0.2, 0.25) is 5.78 Å². The van der Waals surface area contributed by atoms with Gasteiger partial charge in [0, 0.05) is 11.0 Å². The second-order valence-corrected chi connectivity index (χ2v) is 6.55. The fourth-order valence-electron chi connectivity index (χ4n) is 2.12. The lowest BCUT2D eigenvalue weighted by molar-refractivity contribution is 0.0873. The van der Waals surface area contributed by atoms with Crippen LogP contribution < -0.4 is 4.74 Å². The highest BCUT2D eigenvalue weighted by Gasteiger charge is 2.34. The fraction of sp³-hybridized carbons (Fsp3) is 0.0667. The Kier molecular flexibility index (Phi) is 4.02. The van der Waals surface area contributed by atoms with Gasteiger partial charge >= 0.3 is 0 Å². The average Bonchev–Trinajstić information content (AvgIpc) is 2.77. The molecule has 1 unspecified atom stereocenters. The Balaban J connectivity index is 2.07. The number of carbonyl (C=O) groups excluding carboxylic acids is 1. The number of hydrogen-bond donors (Lipinski definition) is 2. The topological polar surface area (TPSA) is 90.5 Å². The number of carbonyl (C=O) groups is 1. The van der Waals surface area contributed by atoms with Crippen molar-refractivity contribution in [3.05, 3.63) is 45.7 Å². The van der Waals surface area contributed by atoms with E-state index < -0.39 is 17.0 Å². The number of fused-ring (bicyclic) bond motifs is 1. The van der Waals surface area contributed by atoms with Crippen LogP contribution in [0.1, 0.15) is 15.9 Å². The number of aliphatic hydroxyl groups is 1. The number of phenols is 1. The maximum absolute atomic E-state index is 13.5. The van der Waals surface area contributed by atoms with Crippen molar-refractivity contribution in [2.24, 2.45) is 0 Å². The summed E-state index contributed by atoms with van der Waals surface area (Å²) in [6.07, 6.45) is 0. The number of Topliss-reactive ketones (excluding diaryl/α,β-unsaturated/α-hetero) is 1. The molecule has 116 valence electrons. The normalized spacial score (nSPS) is 16.1. The molecule has 0 bridgehead atoms. The van der Waals surface area contributed by atoms with E-state index in [1.165, 1.54) is 12.1 Å². The summed E-state index contributed by atoms with van der Waals surface area (Å²) in [6, 6.07) is 6.47. The number of ketones is 1. The second-order valence-electron chi connectivity index (χ2n) is 4.64. The van der Waals surface area contributed by atoms with Gasteiger partial charge in [-0.3, -0.25) is 4.79 Å². The summed E-state index contributed by atoms with van der Waals surface area (Å²) in [5, 5.41) is 28.5. The number of aromatic hydroxyl groups is 1. The van der Waals surface area contributed by atoms with E-state index in [2.05, 4.69) is 15.9 Å². The third-order valence-electron chi connectivity index (χ3n) is 3.10. The molecule has 8 heteroatoms. The van der Waals surface area contributed by atoms with E-state index in [4.69, 9.17) is 10.00 Å². The van der Waals surface area contributed by atoms with Gasteiger partial charge in [-0.15, -0.1) is 0 Å². The molecule has 5 nitrogen and oxygen atoms in total. The van der Waals surface area contributed by atoms with Crippen molar-refractivity contribution in [2.75, 3.05) is 0 Å². The predicted molar refractivity (Wildman–Crippen MR) is 83.2 cm³/mol. The summed E-state index contributed by atoms with van der Waals surface area (Å²) in [5.41, 5.74) is -0.999. The van der Waals surface area contributed by atoms with Crippen LogP contribution in [0.15, 0.2) is 33.6 Å². The first kappa shape index (κ1) is 15.8. The summed E-state index contributed by atoms with van der Waals surface area (Å²) in [6.45, 7) is 0. The number of ether oxygens (including phenoxy) is 1. The standard InChI is InChI=1S/C15H7BrFNO4S/c16-12-11-10(23-15(21)13(11)20)4-9(19)14(12)22-8-2-6(5-18)1-7(17)3-8/h1-4,15,19,21H. The highest BCUT2D eigenvalue weighted by Crippen LogP contribution is 2.49. The zero-order valence-corrected chi connectivity index (χ0v) is 13.6. The lowest BCUT2D eigenvalue weighted by atomic mass is 10.1. The highest BCUT2D eigenvalue weighted by atomic mass is 79.9. The number of nitrogens with zero attached hydrogens (tertiary/aromatic N) is 1. The van der Waals surface area contributed by atoms with Gasteiger partial charge in [-0.2, -0.15) is 5.26 Å². The zero-order chi connectivity index (χ0) is 16.7. The van der Waals surface area contributed by atoms with Gasteiger partial charge in [0.05, 0.1) is 21.7 Å². The largest absolute Gasteiger partial charge is 0.504 e. The van der Waals surface area contributed by atoms with Gasteiger partial charge in [0.15, 0.2) is 16.9 Å². The van der Waals surface area contributed by atoms with Gasteiger partial charge < -0.3 is 14.9 Å². The first-order valence-electron chi connectivity index (χ1n) is 6.23. The maximum atomic E-state index is 13.5. The third kappa shape index (κ3) is 2.79. The lowest BCUT2D eigenvalue weighted by Crippen LogP contribution is -2.10. The minimum atomic E-state index is -1.24. The van der Waals surface area contributed by atoms with E-state index in [0.29, 0.717) is 4.90 Å². The van der Waals surface area contributed by atoms with Gasteiger partial charge in [-0.05, 0) is 34.1 Å². The number of nitriles is 1. The Morgan fingerprint density at radius 3 is 2.78 bits per heavy atom. The van der Waals surface area contributed by atoms with Crippen molar-refractivity contribution in [3.63, 3.8) is 0 Å². The molecule has 1 aliphatic rings. The average molecular weight is 396 g/mol. The minimum Gasteiger partial charge on any atom is -0.504 e. The van der Waals surface area contributed by atoms with Crippen molar-refractivity contribution in [3.8, 4) is 23.3 Å². The van der Waals surface area contributed by atoms with Gasteiger partial charge in [0.1, 0.15) is 11.6 Å². The molecule has 0 saturated carbocycles. The van der Waals surface area contributed by atoms with Crippen LogP contribution in [0.3, 0.4) is 0 Å². The zero-order valence-electron chi connectivity index (χ0n) is 11.2. The summed E-state index contributed by atoms with van der Waals surface area (Å²) < 4.78 is 19.1. The van der Waals surface area contributed by atoms with Gasteiger partial charge in [-0.1, -0.05) is 11.8 Å². The first-order valence-corrected chi connectivity index (χ1v) is 7.91. The van der Waals surface area contributed by atoms with Gasteiger partial charge in [0.25, 0.3) is 0 Å². The molecule has 2 N–H and O–H groups in total. The molecule has 1 atom stereocenters. The second kappa shape index (κ2) is 5.85. The van der Waals surface area contributed by atoms with Crippen LogP contribution in [0.2, 0.25) is 0 Å². The summed E-state index contributed by atoms with van der Waals surface area (Å²) >= 11 is 4.08. The molecule has 23 heavy (non-hydrogen) atoms. The van der Waals surface area contributed by atoms with Crippen molar-refractivity contribution in [2.45, 2.75) is 10.3 Å². The first-order chi connectivity index (χ1) is 10.9. The van der Waals surface area contributed by atoms with E-state index in [9.17, 15) is 19.4 Å². The Morgan fingerprint density at radius 2 is 2.09 bits per heavy atom. The molecule has 3 rings (SSSR count). The number of thioether (sulfide) groups is 1. The molecule has 0 radical (unpaired) electrons. The molecule has 0 spiro atoms. The SMILES string of the molecule is N#Cc1cc(F)cc(Oc2c(O)cc3c(c2Br)C(=O)C(O)S3)c1. The van der Waals surface area contributed by atoms with E-state index in [1.807, 2.05) is 0 Å². The molecule has 2 aromatic carbocycles. The van der Waals surface area contributed by atoms with Crippen molar-refractivity contribution >= 4 is 33.5 Å². The van der Waals surface area contributed by atoms with E-state index >= 15 is 0 Å². The Bertz CT molecular complexity index is 881. The van der Waals surface area contributed by atoms with Crippen molar-refractivity contribution in [1.29, 1.82) is 5.26 Å². The number of hydrogen-bond acceptors (Lipinski definition) is 6. The van der Waals surface area contributed by atoms with Crippen LogP contribution in [0.5, 0.6) is 17.2 Å². The number of rotatable bonds is 2. The molecule has 0 aromatic heterocycles. The number of halogens is 2. The van der Waals surface area contributed by atoms with E-state index in [1.54, 1.807) is 6.07 Å². The smallest absolute Gasteiger partial charge is 0.204 e. The number of benzene rings is 2. The molecule has 1 aliphatic heterocycles. The van der Waals surface area contributed by atoms with Crippen LogP contribution in [0.25, 0.3) is 0 Å². The summed E-state index contributed by atoms with van der Waals surface area (Å²) in [4.78, 5) is 12.4. The molecule has 0 saturated heterocycles. The molecular formula is C15H7BrFNO4S. The van der Waals surface area contributed by atoms with Crippen LogP contribution in [-0.4, -0.2) is 21.4 Å². The number of phenolic OH excluding ortho intramolecular Hbond substituents is 1. The quantitative estimate of drug-likeness (QED) is 0.807. The Hall–Kier alpha value is -2.08. The van der Waals surface area contributed by atoms with Crippen LogP contribution in [0.4, 0.5) is 4.39 Å². The predicted octanol–water partition coefficient (Wildman–Crippen LogP) is 3.56. The summed E-state index contributed by atoms with van der Waals surface area (Å²) in [7, 11) is 0. The minimum absolute atomic E-state index is 0.00357. The lowest BCUT2D eigenvalue weighted by Gasteiger charge is -2.12.